The maximum absolute atomic E-state index is 12.1. The van der Waals surface area contributed by atoms with Crippen LogP contribution in [-0.4, -0.2) is 5.78 Å². The molecule has 0 saturated heterocycles. The lowest BCUT2D eigenvalue weighted by Crippen LogP contribution is -1.95. The third kappa shape index (κ3) is 4.92. The molecule has 0 aliphatic heterocycles. The molecule has 25 heavy (non-hydrogen) atoms. The monoisotopic (exact) mass is 328 g/mol. The fourth-order valence-corrected chi connectivity index (χ4v) is 2.40. The first-order valence-corrected chi connectivity index (χ1v) is 8.26. The van der Waals surface area contributed by atoms with Gasteiger partial charge >= 0.3 is 0 Å². The Morgan fingerprint density at radius 3 is 2.24 bits per heavy atom. The first-order chi connectivity index (χ1) is 12.2. The number of benzene rings is 3. The van der Waals surface area contributed by atoms with E-state index in [2.05, 4.69) is 6.92 Å². The number of aryl methyl sites for hydroxylation is 1. The first kappa shape index (κ1) is 16.7. The normalized spacial score (nSPS) is 10.8. The van der Waals surface area contributed by atoms with Crippen molar-refractivity contribution in [1.29, 1.82) is 0 Å². The van der Waals surface area contributed by atoms with E-state index in [0.29, 0.717) is 12.2 Å². The van der Waals surface area contributed by atoms with Crippen LogP contribution in [0.25, 0.3) is 6.08 Å². The minimum atomic E-state index is 0.00683. The molecule has 0 spiro atoms. The fraction of sp³-hybridized carbons (Fsp3) is 0.0870. The Bertz CT molecular complexity index is 845. The summed E-state index contributed by atoms with van der Waals surface area (Å²) in [5.74, 6) is 0.871. The third-order valence-corrected chi connectivity index (χ3v) is 3.89. The van der Waals surface area contributed by atoms with Gasteiger partial charge in [0.25, 0.3) is 0 Å². The summed E-state index contributed by atoms with van der Waals surface area (Å²) in [6, 6.07) is 25.3. The zero-order valence-corrected chi connectivity index (χ0v) is 14.2. The van der Waals surface area contributed by atoms with Gasteiger partial charge < -0.3 is 4.74 Å². The van der Waals surface area contributed by atoms with Crippen molar-refractivity contribution in [3.63, 3.8) is 0 Å². The second kappa shape index (κ2) is 8.11. The first-order valence-electron chi connectivity index (χ1n) is 8.26. The van der Waals surface area contributed by atoms with Gasteiger partial charge in [-0.3, -0.25) is 4.79 Å². The third-order valence-electron chi connectivity index (χ3n) is 3.89. The van der Waals surface area contributed by atoms with Crippen molar-refractivity contribution in [3.05, 3.63) is 107 Å². The average Bonchev–Trinajstić information content (AvgIpc) is 2.67. The highest BCUT2D eigenvalue weighted by Crippen LogP contribution is 2.14. The van der Waals surface area contributed by atoms with Crippen LogP contribution in [0.4, 0.5) is 0 Å². The van der Waals surface area contributed by atoms with E-state index in [9.17, 15) is 4.79 Å². The molecule has 124 valence electrons. The van der Waals surface area contributed by atoms with Gasteiger partial charge in [0.15, 0.2) is 5.78 Å². The van der Waals surface area contributed by atoms with Gasteiger partial charge in [0.05, 0.1) is 0 Å². The Balaban J connectivity index is 1.57. The van der Waals surface area contributed by atoms with E-state index >= 15 is 0 Å². The second-order valence-corrected chi connectivity index (χ2v) is 5.91. The summed E-state index contributed by atoms with van der Waals surface area (Å²) in [5, 5.41) is 0. The molecular formula is C23H20O2. The zero-order valence-electron chi connectivity index (χ0n) is 14.2. The standard InChI is InChI=1S/C23H20O2/c1-18-7-14-22(15-8-18)25-17-20-11-9-19(10-12-20)13-16-23(24)21-5-3-2-4-6-21/h2-16H,17H2,1H3/b16-13+. The van der Waals surface area contributed by atoms with E-state index in [1.54, 1.807) is 6.08 Å². The van der Waals surface area contributed by atoms with E-state index < -0.39 is 0 Å². The molecule has 0 heterocycles. The van der Waals surface area contributed by atoms with Crippen LogP contribution in [0.15, 0.2) is 84.9 Å². The molecule has 2 nitrogen and oxygen atoms in total. The summed E-state index contributed by atoms with van der Waals surface area (Å²) < 4.78 is 5.77. The molecule has 0 unspecified atom stereocenters. The van der Waals surface area contributed by atoms with Crippen molar-refractivity contribution in [1.82, 2.24) is 0 Å². The molecule has 0 atom stereocenters. The number of hydrogen-bond acceptors (Lipinski definition) is 2. The van der Waals surface area contributed by atoms with Crippen LogP contribution in [0.1, 0.15) is 27.0 Å². The maximum atomic E-state index is 12.1. The molecule has 3 aromatic rings. The molecule has 0 saturated carbocycles. The van der Waals surface area contributed by atoms with Crippen LogP contribution in [0.5, 0.6) is 5.75 Å². The highest BCUT2D eigenvalue weighted by molar-refractivity contribution is 6.06. The smallest absolute Gasteiger partial charge is 0.185 e. The lowest BCUT2D eigenvalue weighted by molar-refractivity contribution is 0.104. The van der Waals surface area contributed by atoms with Crippen LogP contribution < -0.4 is 4.74 Å². The predicted molar refractivity (Wildman–Crippen MR) is 102 cm³/mol. The Labute approximate surface area is 148 Å². The summed E-state index contributed by atoms with van der Waals surface area (Å²) in [6.45, 7) is 2.58. The lowest BCUT2D eigenvalue weighted by atomic mass is 10.1. The van der Waals surface area contributed by atoms with Crippen LogP contribution in [0, 0.1) is 6.92 Å². The van der Waals surface area contributed by atoms with Crippen molar-refractivity contribution in [2.45, 2.75) is 13.5 Å². The number of ketones is 1. The van der Waals surface area contributed by atoms with Crippen molar-refractivity contribution in [2.24, 2.45) is 0 Å². The van der Waals surface area contributed by atoms with Crippen molar-refractivity contribution in [2.75, 3.05) is 0 Å². The maximum Gasteiger partial charge on any atom is 0.185 e. The second-order valence-electron chi connectivity index (χ2n) is 5.91. The molecule has 2 heteroatoms. The van der Waals surface area contributed by atoms with Crippen LogP contribution in [0.3, 0.4) is 0 Å². The van der Waals surface area contributed by atoms with E-state index in [1.165, 1.54) is 5.56 Å². The van der Waals surface area contributed by atoms with Gasteiger partial charge in [-0.2, -0.15) is 0 Å². The molecule has 0 aliphatic rings. The number of allylic oxidation sites excluding steroid dienone is 1. The molecule has 3 aromatic carbocycles. The van der Waals surface area contributed by atoms with Gasteiger partial charge in [-0.1, -0.05) is 78.4 Å². The molecule has 0 bridgehead atoms. The molecule has 3 rings (SSSR count). The summed E-state index contributed by atoms with van der Waals surface area (Å²) in [4.78, 5) is 12.1. The number of rotatable bonds is 6. The molecule has 0 amide bonds. The van der Waals surface area contributed by atoms with E-state index in [1.807, 2.05) is 84.9 Å². The molecule has 0 N–H and O–H groups in total. The highest BCUT2D eigenvalue weighted by Gasteiger charge is 2.00. The molecule has 0 aliphatic carbocycles. The van der Waals surface area contributed by atoms with Gasteiger partial charge in [-0.25, -0.2) is 0 Å². The van der Waals surface area contributed by atoms with Crippen molar-refractivity contribution >= 4 is 11.9 Å². The largest absolute Gasteiger partial charge is 0.489 e. The average molecular weight is 328 g/mol. The van der Waals surface area contributed by atoms with Crippen LogP contribution >= 0.6 is 0 Å². The molecule has 0 radical (unpaired) electrons. The molecular weight excluding hydrogens is 308 g/mol. The highest BCUT2D eigenvalue weighted by atomic mass is 16.5. The van der Waals surface area contributed by atoms with Crippen molar-refractivity contribution in [3.8, 4) is 5.75 Å². The lowest BCUT2D eigenvalue weighted by Gasteiger charge is -2.06. The van der Waals surface area contributed by atoms with E-state index in [4.69, 9.17) is 4.74 Å². The summed E-state index contributed by atoms with van der Waals surface area (Å²) in [7, 11) is 0. The van der Waals surface area contributed by atoms with Gasteiger partial charge in [0, 0.05) is 5.56 Å². The predicted octanol–water partition coefficient (Wildman–Crippen LogP) is 5.47. The van der Waals surface area contributed by atoms with Gasteiger partial charge in [0.2, 0.25) is 0 Å². The molecule has 0 fully saturated rings. The Kier molecular flexibility index (Phi) is 5.43. The van der Waals surface area contributed by atoms with Gasteiger partial charge in [-0.05, 0) is 36.3 Å². The number of hydrogen-bond donors (Lipinski definition) is 0. The van der Waals surface area contributed by atoms with Crippen LogP contribution in [0.2, 0.25) is 0 Å². The van der Waals surface area contributed by atoms with Gasteiger partial charge in [-0.15, -0.1) is 0 Å². The van der Waals surface area contributed by atoms with Gasteiger partial charge in [0.1, 0.15) is 12.4 Å². The molecule has 0 aromatic heterocycles. The summed E-state index contributed by atoms with van der Waals surface area (Å²) in [5.41, 5.74) is 3.99. The number of carbonyl (C=O) groups is 1. The number of carbonyl (C=O) groups excluding carboxylic acids is 1. The van der Waals surface area contributed by atoms with E-state index in [0.717, 1.165) is 16.9 Å². The Morgan fingerprint density at radius 1 is 0.880 bits per heavy atom. The zero-order chi connectivity index (χ0) is 17.5. The SMILES string of the molecule is Cc1ccc(OCc2ccc(/C=C/C(=O)c3ccccc3)cc2)cc1. The fourth-order valence-electron chi connectivity index (χ4n) is 2.40. The summed E-state index contributed by atoms with van der Waals surface area (Å²) >= 11 is 0. The van der Waals surface area contributed by atoms with Crippen LogP contribution in [-0.2, 0) is 6.61 Å². The minimum absolute atomic E-state index is 0.00683. The Hall–Kier alpha value is -3.13. The van der Waals surface area contributed by atoms with E-state index in [-0.39, 0.29) is 5.78 Å². The Morgan fingerprint density at radius 2 is 1.56 bits per heavy atom. The summed E-state index contributed by atoms with van der Waals surface area (Å²) in [6.07, 6.45) is 3.44. The minimum Gasteiger partial charge on any atom is -0.489 e. The topological polar surface area (TPSA) is 26.3 Å². The van der Waals surface area contributed by atoms with Crippen molar-refractivity contribution < 1.29 is 9.53 Å². The quantitative estimate of drug-likeness (QED) is 0.443. The number of ether oxygens (including phenoxy) is 1.